The summed E-state index contributed by atoms with van der Waals surface area (Å²) in [4.78, 5) is 3.89. The Kier molecular flexibility index (Phi) is 2.18. The normalized spacial score (nSPS) is 9.55. The van der Waals surface area contributed by atoms with Crippen LogP contribution in [0.5, 0.6) is 0 Å². The van der Waals surface area contributed by atoms with Gasteiger partial charge < -0.3 is 16.2 Å². The van der Waals surface area contributed by atoms with Crippen LogP contribution in [-0.4, -0.2) is 16.3 Å². The molecule has 0 aromatic carbocycles. The first-order valence-corrected chi connectivity index (χ1v) is 3.14. The van der Waals surface area contributed by atoms with Crippen LogP contribution in [0.3, 0.4) is 0 Å². The van der Waals surface area contributed by atoms with Crippen molar-refractivity contribution in [1.29, 1.82) is 5.41 Å². The van der Waals surface area contributed by atoms with Gasteiger partial charge in [-0.05, 0) is 12.1 Å². The highest BCUT2D eigenvalue weighted by Crippen LogP contribution is 2.06. The monoisotopic (exact) mass is 151 g/mol. The summed E-state index contributed by atoms with van der Waals surface area (Å²) < 4.78 is 0. The highest BCUT2D eigenvalue weighted by molar-refractivity contribution is 5.81. The lowest BCUT2D eigenvalue weighted by Gasteiger charge is -1.99. The van der Waals surface area contributed by atoms with Crippen molar-refractivity contribution in [1.82, 2.24) is 4.98 Å². The molecule has 1 heterocycles. The van der Waals surface area contributed by atoms with Gasteiger partial charge in [0.1, 0.15) is 5.69 Å². The highest BCUT2D eigenvalue weighted by Gasteiger charge is 1.97. The van der Waals surface area contributed by atoms with E-state index in [9.17, 15) is 0 Å². The molecule has 0 saturated carbocycles. The van der Waals surface area contributed by atoms with E-state index in [2.05, 4.69) is 4.98 Å². The first kappa shape index (κ1) is 7.68. The summed E-state index contributed by atoms with van der Waals surface area (Å²) >= 11 is 0. The van der Waals surface area contributed by atoms with Crippen molar-refractivity contribution in [3.8, 4) is 0 Å². The number of hydrogen-bond acceptors (Lipinski definition) is 4. The third-order valence-electron chi connectivity index (χ3n) is 1.31. The molecule has 4 heteroatoms. The largest absolute Gasteiger partial charge is 0.397 e. The van der Waals surface area contributed by atoms with Crippen molar-refractivity contribution in [2.24, 2.45) is 0 Å². The summed E-state index contributed by atoms with van der Waals surface area (Å²) in [7, 11) is 0. The number of nitrogen functional groups attached to an aromatic ring is 1. The molecule has 0 aliphatic heterocycles. The number of nitrogens with zero attached hydrogens (tertiary/aromatic N) is 1. The molecule has 0 saturated heterocycles. The molecule has 0 aliphatic rings. The SMILES string of the molecule is N=Cc1nc(CO)ccc1N. The molecule has 4 nitrogen and oxygen atoms in total. The number of nitrogens with two attached hydrogens (primary N) is 1. The van der Waals surface area contributed by atoms with Crippen LogP contribution in [0.25, 0.3) is 0 Å². The zero-order chi connectivity index (χ0) is 8.27. The number of aliphatic hydroxyl groups excluding tert-OH is 1. The summed E-state index contributed by atoms with van der Waals surface area (Å²) in [6.45, 7) is -0.124. The second kappa shape index (κ2) is 3.12. The maximum atomic E-state index is 8.67. The van der Waals surface area contributed by atoms with Gasteiger partial charge in [-0.15, -0.1) is 0 Å². The Hall–Kier alpha value is -1.42. The number of hydrogen-bond donors (Lipinski definition) is 3. The van der Waals surface area contributed by atoms with E-state index in [-0.39, 0.29) is 6.61 Å². The minimum Gasteiger partial charge on any atom is -0.397 e. The van der Waals surface area contributed by atoms with Crippen LogP contribution in [0.15, 0.2) is 12.1 Å². The lowest BCUT2D eigenvalue weighted by Crippen LogP contribution is -1.99. The number of nitrogens with one attached hydrogen (secondary N) is 1. The lowest BCUT2D eigenvalue weighted by molar-refractivity contribution is 0.277. The van der Waals surface area contributed by atoms with Crippen molar-refractivity contribution in [3.63, 3.8) is 0 Å². The van der Waals surface area contributed by atoms with Gasteiger partial charge in [0, 0.05) is 6.21 Å². The number of aromatic nitrogens is 1. The quantitative estimate of drug-likeness (QED) is 0.526. The van der Waals surface area contributed by atoms with E-state index in [1.807, 2.05) is 0 Å². The molecule has 0 amide bonds. The molecule has 4 N–H and O–H groups in total. The van der Waals surface area contributed by atoms with Crippen LogP contribution in [0.1, 0.15) is 11.4 Å². The fraction of sp³-hybridized carbons (Fsp3) is 0.143. The summed E-state index contributed by atoms with van der Waals surface area (Å²) in [5.41, 5.74) is 6.84. The highest BCUT2D eigenvalue weighted by atomic mass is 16.3. The Morgan fingerprint density at radius 3 is 2.91 bits per heavy atom. The van der Waals surface area contributed by atoms with E-state index in [1.165, 1.54) is 0 Å². The summed E-state index contributed by atoms with van der Waals surface area (Å²) in [6, 6.07) is 3.25. The van der Waals surface area contributed by atoms with Crippen LogP contribution in [0, 0.1) is 5.41 Å². The van der Waals surface area contributed by atoms with Gasteiger partial charge in [-0.1, -0.05) is 0 Å². The van der Waals surface area contributed by atoms with E-state index < -0.39 is 0 Å². The topological polar surface area (TPSA) is 83.0 Å². The van der Waals surface area contributed by atoms with Crippen LogP contribution in [0.2, 0.25) is 0 Å². The Morgan fingerprint density at radius 1 is 1.64 bits per heavy atom. The number of anilines is 1. The number of pyridine rings is 1. The van der Waals surface area contributed by atoms with Gasteiger partial charge in [0.2, 0.25) is 0 Å². The third-order valence-corrected chi connectivity index (χ3v) is 1.31. The molecule has 1 rings (SSSR count). The van der Waals surface area contributed by atoms with Crippen LogP contribution < -0.4 is 5.73 Å². The standard InChI is InChI=1S/C7H9N3O/c8-3-7-6(9)2-1-5(4-11)10-7/h1-3,8,11H,4,9H2. The van der Waals surface area contributed by atoms with Gasteiger partial charge in [-0.2, -0.15) is 0 Å². The zero-order valence-corrected chi connectivity index (χ0v) is 5.91. The molecule has 0 aliphatic carbocycles. The average molecular weight is 151 g/mol. The molecule has 0 fully saturated rings. The fourth-order valence-corrected chi connectivity index (χ4v) is 0.732. The first-order chi connectivity index (χ1) is 5.27. The van der Waals surface area contributed by atoms with E-state index in [4.69, 9.17) is 16.2 Å². The minimum atomic E-state index is -0.124. The predicted octanol–water partition coefficient (Wildman–Crippen LogP) is 0.154. The lowest BCUT2D eigenvalue weighted by atomic mass is 10.3. The minimum absolute atomic E-state index is 0.124. The average Bonchev–Trinajstić information content (AvgIpc) is 2.05. The van der Waals surface area contributed by atoms with Crippen molar-refractivity contribution < 1.29 is 5.11 Å². The van der Waals surface area contributed by atoms with Crippen LogP contribution in [0.4, 0.5) is 5.69 Å². The van der Waals surface area contributed by atoms with Crippen molar-refractivity contribution in [3.05, 3.63) is 23.5 Å². The zero-order valence-electron chi connectivity index (χ0n) is 5.91. The molecule has 0 bridgehead atoms. The fourth-order valence-electron chi connectivity index (χ4n) is 0.732. The molecule has 58 valence electrons. The maximum Gasteiger partial charge on any atom is 0.104 e. The Bertz CT molecular complexity index is 272. The second-order valence-electron chi connectivity index (χ2n) is 2.08. The van der Waals surface area contributed by atoms with Gasteiger partial charge in [0.25, 0.3) is 0 Å². The molecular formula is C7H9N3O. The van der Waals surface area contributed by atoms with E-state index in [1.54, 1.807) is 12.1 Å². The van der Waals surface area contributed by atoms with Crippen molar-refractivity contribution >= 4 is 11.9 Å². The summed E-state index contributed by atoms with van der Waals surface area (Å²) in [6.07, 6.45) is 1.06. The predicted molar refractivity (Wildman–Crippen MR) is 42.5 cm³/mol. The molecule has 11 heavy (non-hydrogen) atoms. The van der Waals surface area contributed by atoms with Gasteiger partial charge >= 0.3 is 0 Å². The van der Waals surface area contributed by atoms with E-state index in [0.29, 0.717) is 17.1 Å². The van der Waals surface area contributed by atoms with Crippen molar-refractivity contribution in [2.75, 3.05) is 5.73 Å². The molecule has 1 aromatic rings. The number of rotatable bonds is 2. The summed E-state index contributed by atoms with van der Waals surface area (Å²) in [5, 5.41) is 15.6. The molecule has 0 unspecified atom stereocenters. The van der Waals surface area contributed by atoms with Crippen LogP contribution >= 0.6 is 0 Å². The molecular weight excluding hydrogens is 142 g/mol. The molecule has 0 radical (unpaired) electrons. The first-order valence-electron chi connectivity index (χ1n) is 3.14. The second-order valence-corrected chi connectivity index (χ2v) is 2.08. The number of aliphatic hydroxyl groups is 1. The maximum absolute atomic E-state index is 8.67. The van der Waals surface area contributed by atoms with Gasteiger partial charge in [-0.25, -0.2) is 4.98 Å². The van der Waals surface area contributed by atoms with E-state index in [0.717, 1.165) is 6.21 Å². The van der Waals surface area contributed by atoms with E-state index >= 15 is 0 Å². The van der Waals surface area contributed by atoms with Gasteiger partial charge in [0.05, 0.1) is 18.0 Å². The summed E-state index contributed by atoms with van der Waals surface area (Å²) in [5.74, 6) is 0. The molecule has 0 spiro atoms. The Labute approximate surface area is 64.2 Å². The van der Waals surface area contributed by atoms with Crippen molar-refractivity contribution in [2.45, 2.75) is 6.61 Å². The molecule has 1 aromatic heterocycles. The van der Waals surface area contributed by atoms with Gasteiger partial charge in [0.15, 0.2) is 0 Å². The molecule has 0 atom stereocenters. The van der Waals surface area contributed by atoms with Crippen LogP contribution in [-0.2, 0) is 6.61 Å². The smallest absolute Gasteiger partial charge is 0.104 e. The Balaban J connectivity index is 3.12. The third kappa shape index (κ3) is 1.53. The van der Waals surface area contributed by atoms with Gasteiger partial charge in [-0.3, -0.25) is 0 Å². The Morgan fingerprint density at radius 2 is 2.36 bits per heavy atom.